The van der Waals surface area contributed by atoms with Crippen LogP contribution in [0.5, 0.6) is 0 Å². The number of nitrogens with zero attached hydrogens (tertiary/aromatic N) is 1. The molecule has 9 heteroatoms. The molecule has 0 aromatic rings. The number of phosphoric acid groups is 1. The number of amides is 1. The predicted octanol–water partition coefficient (Wildman–Crippen LogP) is 11.7. The summed E-state index contributed by atoms with van der Waals surface area (Å²) in [7, 11) is 1.54. The highest BCUT2D eigenvalue weighted by Crippen LogP contribution is 2.43. The number of likely N-dealkylation sites (N-methyl/N-ethyl adjacent to an activating group) is 1. The van der Waals surface area contributed by atoms with E-state index in [1.54, 1.807) is 6.08 Å². The second-order valence-corrected chi connectivity index (χ2v) is 17.1. The van der Waals surface area contributed by atoms with Crippen LogP contribution in [0, 0.1) is 0 Å². The second kappa shape index (κ2) is 36.1. The van der Waals surface area contributed by atoms with Crippen molar-refractivity contribution in [3.63, 3.8) is 0 Å². The van der Waals surface area contributed by atoms with Gasteiger partial charge in [-0.1, -0.05) is 146 Å². The number of allylic oxidation sites excluding steroid dienone is 7. The largest absolute Gasteiger partial charge is 0.472 e. The van der Waals surface area contributed by atoms with Crippen molar-refractivity contribution < 1.29 is 32.9 Å². The molecule has 0 aliphatic rings. The predicted molar refractivity (Wildman–Crippen MR) is 226 cm³/mol. The van der Waals surface area contributed by atoms with Gasteiger partial charge in [0.15, 0.2) is 0 Å². The monoisotopic (exact) mass is 768 g/mol. The van der Waals surface area contributed by atoms with Crippen LogP contribution in [0.3, 0.4) is 0 Å². The molecule has 0 saturated heterocycles. The van der Waals surface area contributed by atoms with Gasteiger partial charge in [-0.25, -0.2) is 4.57 Å². The summed E-state index contributed by atoms with van der Waals surface area (Å²) in [5.41, 5.74) is 0. The number of hydrogen-bond donors (Lipinski definition) is 3. The molecule has 0 bridgehead atoms. The Kier molecular flexibility index (Phi) is 35.1. The molecule has 1 amide bonds. The van der Waals surface area contributed by atoms with Gasteiger partial charge in [0.1, 0.15) is 13.2 Å². The average molecular weight is 768 g/mol. The van der Waals surface area contributed by atoms with Gasteiger partial charge in [-0.3, -0.25) is 13.8 Å². The van der Waals surface area contributed by atoms with Gasteiger partial charge < -0.3 is 19.8 Å². The van der Waals surface area contributed by atoms with E-state index in [1.165, 1.54) is 109 Å². The van der Waals surface area contributed by atoms with Crippen LogP contribution in [0.15, 0.2) is 48.6 Å². The molecule has 0 saturated carbocycles. The quantitative estimate of drug-likeness (QED) is 0.0250. The third-order valence-corrected chi connectivity index (χ3v) is 10.2. The molecule has 0 radical (unpaired) electrons. The number of aliphatic hydroxyl groups is 1. The number of carbonyl (C=O) groups is 1. The summed E-state index contributed by atoms with van der Waals surface area (Å²) in [4.78, 5) is 23.1. The Morgan fingerprint density at radius 3 is 1.53 bits per heavy atom. The molecule has 0 aromatic heterocycles. The van der Waals surface area contributed by atoms with Crippen LogP contribution < -0.4 is 5.32 Å². The first-order valence-electron chi connectivity index (χ1n) is 21.5. The number of quaternary nitrogens is 1. The molecule has 0 aliphatic heterocycles. The zero-order valence-electron chi connectivity index (χ0n) is 35.0. The summed E-state index contributed by atoms with van der Waals surface area (Å²) < 4.78 is 23.5. The molecule has 8 nitrogen and oxygen atoms in total. The first kappa shape index (κ1) is 51.5. The standard InChI is InChI=1S/C44H83N2O6P/c1-6-8-10-12-14-16-18-20-22-23-24-26-28-30-32-34-36-38-44(48)45-42(41-52-53(49,50)51-40-39-46(3,4)5)43(47)37-35-33-31-29-27-25-21-19-17-15-13-11-9-7-2/h17,19-20,22,27,29,35,37,42-43,47H,6-16,18,21,23-26,28,30-34,36,38-41H2,1-5H3,(H-,45,48,49,50)/p+1/b19-17+,22-20-,29-27+,37-35+. The number of aliphatic hydroxyl groups excluding tert-OH is 1. The highest BCUT2D eigenvalue weighted by molar-refractivity contribution is 7.47. The van der Waals surface area contributed by atoms with Crippen LogP contribution in [0.25, 0.3) is 0 Å². The van der Waals surface area contributed by atoms with Gasteiger partial charge in [0, 0.05) is 6.42 Å². The maximum absolute atomic E-state index is 12.8. The summed E-state index contributed by atoms with van der Waals surface area (Å²) >= 11 is 0. The van der Waals surface area contributed by atoms with E-state index in [2.05, 4.69) is 55.6 Å². The molecule has 310 valence electrons. The Bertz CT molecular complexity index is 1010. The van der Waals surface area contributed by atoms with Crippen molar-refractivity contribution in [1.29, 1.82) is 0 Å². The van der Waals surface area contributed by atoms with E-state index in [0.29, 0.717) is 17.4 Å². The summed E-state index contributed by atoms with van der Waals surface area (Å²) in [6, 6.07) is -0.870. The van der Waals surface area contributed by atoms with Gasteiger partial charge in [-0.15, -0.1) is 0 Å². The van der Waals surface area contributed by atoms with E-state index in [1.807, 2.05) is 27.2 Å². The van der Waals surface area contributed by atoms with E-state index in [4.69, 9.17) is 9.05 Å². The minimum absolute atomic E-state index is 0.0516. The molecular weight excluding hydrogens is 683 g/mol. The van der Waals surface area contributed by atoms with Gasteiger partial charge in [0.2, 0.25) is 5.91 Å². The Morgan fingerprint density at radius 1 is 0.623 bits per heavy atom. The van der Waals surface area contributed by atoms with E-state index in [-0.39, 0.29) is 19.1 Å². The number of nitrogens with one attached hydrogen (secondary N) is 1. The van der Waals surface area contributed by atoms with Gasteiger partial charge in [0.05, 0.1) is 39.9 Å². The first-order chi connectivity index (χ1) is 25.5. The van der Waals surface area contributed by atoms with Crippen molar-refractivity contribution in [2.75, 3.05) is 40.9 Å². The zero-order valence-corrected chi connectivity index (χ0v) is 35.9. The number of phosphoric ester groups is 1. The molecule has 0 aromatic carbocycles. The highest BCUT2D eigenvalue weighted by Gasteiger charge is 2.27. The second-order valence-electron chi connectivity index (χ2n) is 15.7. The molecule has 3 N–H and O–H groups in total. The van der Waals surface area contributed by atoms with E-state index < -0.39 is 20.0 Å². The number of rotatable bonds is 38. The topological polar surface area (TPSA) is 105 Å². The van der Waals surface area contributed by atoms with Crippen LogP contribution in [-0.4, -0.2) is 73.4 Å². The fourth-order valence-corrected chi connectivity index (χ4v) is 6.51. The van der Waals surface area contributed by atoms with E-state index in [0.717, 1.165) is 44.9 Å². The van der Waals surface area contributed by atoms with Crippen molar-refractivity contribution in [3.8, 4) is 0 Å². The Balaban J connectivity index is 4.52. The molecule has 3 atom stereocenters. The SMILES string of the molecule is CCCCCC/C=C/CC/C=C/CC/C=C/C(O)C(COP(=O)(O)OCC[N+](C)(C)C)NC(=O)CCCCCCCCC/C=C\CCCCCCCC. The minimum Gasteiger partial charge on any atom is -0.387 e. The van der Waals surface area contributed by atoms with Gasteiger partial charge in [0.25, 0.3) is 0 Å². The lowest BCUT2D eigenvalue weighted by Crippen LogP contribution is -2.45. The maximum atomic E-state index is 12.8. The van der Waals surface area contributed by atoms with Crippen LogP contribution in [0.2, 0.25) is 0 Å². The molecule has 53 heavy (non-hydrogen) atoms. The number of unbranched alkanes of at least 4 members (excludes halogenated alkanes) is 19. The van der Waals surface area contributed by atoms with Crippen LogP contribution >= 0.6 is 7.82 Å². The lowest BCUT2D eigenvalue weighted by molar-refractivity contribution is -0.870. The van der Waals surface area contributed by atoms with Crippen molar-refractivity contribution in [1.82, 2.24) is 5.32 Å². The third kappa shape index (κ3) is 38.5. The molecule has 0 aliphatic carbocycles. The molecule has 0 rings (SSSR count). The Morgan fingerprint density at radius 2 is 1.04 bits per heavy atom. The molecular formula is C44H84N2O6P+. The molecule has 0 heterocycles. The summed E-state index contributed by atoms with van der Waals surface area (Å²) in [5, 5.41) is 13.8. The van der Waals surface area contributed by atoms with Gasteiger partial charge >= 0.3 is 7.82 Å². The minimum atomic E-state index is -4.35. The zero-order chi connectivity index (χ0) is 39.3. The van der Waals surface area contributed by atoms with Crippen molar-refractivity contribution in [2.24, 2.45) is 0 Å². The molecule has 0 spiro atoms. The van der Waals surface area contributed by atoms with Crippen molar-refractivity contribution in [2.45, 2.75) is 187 Å². The van der Waals surface area contributed by atoms with Crippen LogP contribution in [0.4, 0.5) is 0 Å². The number of hydrogen-bond acceptors (Lipinski definition) is 5. The lowest BCUT2D eigenvalue weighted by atomic mass is 10.1. The highest BCUT2D eigenvalue weighted by atomic mass is 31.2. The summed E-state index contributed by atoms with van der Waals surface area (Å²) in [5.74, 6) is -0.199. The van der Waals surface area contributed by atoms with Gasteiger partial charge in [-0.2, -0.15) is 0 Å². The maximum Gasteiger partial charge on any atom is 0.472 e. The number of carbonyl (C=O) groups excluding carboxylic acids is 1. The normalized spacial score (nSPS) is 14.9. The third-order valence-electron chi connectivity index (χ3n) is 9.25. The summed E-state index contributed by atoms with van der Waals surface area (Å²) in [6.07, 6.45) is 44.6. The fourth-order valence-electron chi connectivity index (χ4n) is 5.77. The van der Waals surface area contributed by atoms with E-state index in [9.17, 15) is 19.4 Å². The fraction of sp³-hybridized carbons (Fsp3) is 0.795. The van der Waals surface area contributed by atoms with Crippen molar-refractivity contribution >= 4 is 13.7 Å². The Labute approximate surface area is 327 Å². The van der Waals surface area contributed by atoms with Crippen LogP contribution in [0.1, 0.15) is 174 Å². The first-order valence-corrected chi connectivity index (χ1v) is 23.0. The van der Waals surface area contributed by atoms with E-state index >= 15 is 0 Å². The van der Waals surface area contributed by atoms with Crippen LogP contribution in [-0.2, 0) is 18.4 Å². The summed E-state index contributed by atoms with van der Waals surface area (Å²) in [6.45, 7) is 4.74. The lowest BCUT2D eigenvalue weighted by Gasteiger charge is -2.25. The Hall–Kier alpha value is -1.54. The average Bonchev–Trinajstić information content (AvgIpc) is 3.10. The molecule has 3 unspecified atom stereocenters. The van der Waals surface area contributed by atoms with Crippen molar-refractivity contribution in [3.05, 3.63) is 48.6 Å². The smallest absolute Gasteiger partial charge is 0.387 e. The molecule has 0 fully saturated rings. The van der Waals surface area contributed by atoms with Gasteiger partial charge in [-0.05, 0) is 70.6 Å².